The molecule has 0 aliphatic carbocycles. The fraction of sp³-hybridized carbons (Fsp3) is 0.118. The number of aryl methyl sites for hydroxylation is 1. The van der Waals surface area contributed by atoms with Crippen molar-refractivity contribution in [2.45, 2.75) is 6.92 Å². The summed E-state index contributed by atoms with van der Waals surface area (Å²) in [5.74, 6) is -0.189. The molecule has 0 saturated heterocycles. The Labute approximate surface area is 133 Å². The van der Waals surface area contributed by atoms with E-state index in [4.69, 9.17) is 9.84 Å². The van der Waals surface area contributed by atoms with Crippen molar-refractivity contribution in [3.8, 4) is 22.7 Å². The van der Waals surface area contributed by atoms with Crippen molar-refractivity contribution in [2.75, 3.05) is 7.11 Å². The summed E-state index contributed by atoms with van der Waals surface area (Å²) in [6.07, 6.45) is 1.77. The van der Waals surface area contributed by atoms with E-state index in [0.29, 0.717) is 11.4 Å². The van der Waals surface area contributed by atoms with Crippen molar-refractivity contribution < 1.29 is 14.6 Å². The average Bonchev–Trinajstić information content (AvgIpc) is 3.04. The smallest absolute Gasteiger partial charge is 0.335 e. The molecule has 6 nitrogen and oxygen atoms in total. The molecule has 0 fully saturated rings. The summed E-state index contributed by atoms with van der Waals surface area (Å²) >= 11 is 0. The minimum Gasteiger partial charge on any atom is -0.497 e. The van der Waals surface area contributed by atoms with Gasteiger partial charge in [0.15, 0.2) is 0 Å². The molecule has 0 atom stereocenters. The van der Waals surface area contributed by atoms with Crippen LogP contribution in [-0.2, 0) is 0 Å². The van der Waals surface area contributed by atoms with Crippen molar-refractivity contribution >= 4 is 5.97 Å². The zero-order valence-electron chi connectivity index (χ0n) is 12.7. The Hall–Kier alpha value is -3.15. The molecule has 0 bridgehead atoms. The van der Waals surface area contributed by atoms with Gasteiger partial charge in [0.25, 0.3) is 0 Å². The fourth-order valence-electron chi connectivity index (χ4n) is 2.35. The van der Waals surface area contributed by atoms with Gasteiger partial charge >= 0.3 is 5.97 Å². The Morgan fingerprint density at radius 1 is 1.22 bits per heavy atom. The molecule has 0 aliphatic heterocycles. The average molecular weight is 309 g/mol. The van der Waals surface area contributed by atoms with Crippen LogP contribution in [0.1, 0.15) is 15.9 Å². The standard InChI is InChI=1S/C17H15N3O3/c1-11-8-14(23-2)6-7-15(11)16-10-20(19-18-16)13-5-3-4-12(9-13)17(21)22/h3-10H,1-2H3,(H,21,22). The highest BCUT2D eigenvalue weighted by Crippen LogP contribution is 2.25. The van der Waals surface area contributed by atoms with Gasteiger partial charge in [0.05, 0.1) is 24.6 Å². The number of nitrogens with zero attached hydrogens (tertiary/aromatic N) is 3. The molecule has 1 aromatic heterocycles. The number of methoxy groups -OCH3 is 1. The summed E-state index contributed by atoms with van der Waals surface area (Å²) in [5.41, 5.74) is 3.54. The van der Waals surface area contributed by atoms with Crippen LogP contribution < -0.4 is 4.74 Å². The number of carboxylic acid groups (broad SMARTS) is 1. The third kappa shape index (κ3) is 2.91. The van der Waals surface area contributed by atoms with E-state index in [0.717, 1.165) is 16.9 Å². The normalized spacial score (nSPS) is 10.5. The predicted octanol–water partition coefficient (Wildman–Crippen LogP) is 2.95. The number of carboxylic acids is 1. The molecular weight excluding hydrogens is 294 g/mol. The van der Waals surface area contributed by atoms with E-state index in [1.165, 1.54) is 6.07 Å². The molecule has 0 aliphatic rings. The van der Waals surface area contributed by atoms with Crippen molar-refractivity contribution in [3.05, 3.63) is 59.8 Å². The third-order valence-electron chi connectivity index (χ3n) is 3.56. The number of rotatable bonds is 4. The van der Waals surface area contributed by atoms with Crippen LogP contribution in [0.2, 0.25) is 0 Å². The topological polar surface area (TPSA) is 77.2 Å². The zero-order chi connectivity index (χ0) is 16.4. The van der Waals surface area contributed by atoms with Gasteiger partial charge in [0.1, 0.15) is 11.4 Å². The lowest BCUT2D eigenvalue weighted by molar-refractivity contribution is 0.0697. The lowest BCUT2D eigenvalue weighted by Crippen LogP contribution is -2.00. The molecule has 0 radical (unpaired) electrons. The summed E-state index contributed by atoms with van der Waals surface area (Å²) in [4.78, 5) is 11.1. The monoisotopic (exact) mass is 309 g/mol. The van der Waals surface area contributed by atoms with Gasteiger partial charge in [0.2, 0.25) is 0 Å². The maximum absolute atomic E-state index is 11.1. The summed E-state index contributed by atoms with van der Waals surface area (Å²) in [6, 6.07) is 12.3. The van der Waals surface area contributed by atoms with E-state index in [-0.39, 0.29) is 5.56 Å². The van der Waals surface area contributed by atoms with Crippen molar-refractivity contribution in [1.82, 2.24) is 15.0 Å². The summed E-state index contributed by atoms with van der Waals surface area (Å²) < 4.78 is 6.76. The van der Waals surface area contributed by atoms with E-state index in [1.54, 1.807) is 36.2 Å². The number of aromatic carboxylic acids is 1. The van der Waals surface area contributed by atoms with Crippen LogP contribution in [0.25, 0.3) is 16.9 Å². The van der Waals surface area contributed by atoms with Crippen LogP contribution in [0, 0.1) is 6.92 Å². The van der Waals surface area contributed by atoms with Crippen molar-refractivity contribution in [1.29, 1.82) is 0 Å². The number of aromatic nitrogens is 3. The molecule has 1 heterocycles. The van der Waals surface area contributed by atoms with Gasteiger partial charge in [-0.3, -0.25) is 0 Å². The Bertz CT molecular complexity index is 871. The highest BCUT2D eigenvalue weighted by Gasteiger charge is 2.10. The summed E-state index contributed by atoms with van der Waals surface area (Å²) in [7, 11) is 1.63. The van der Waals surface area contributed by atoms with Crippen LogP contribution in [0.3, 0.4) is 0 Å². The maximum Gasteiger partial charge on any atom is 0.335 e. The lowest BCUT2D eigenvalue weighted by atomic mass is 10.1. The first-order chi connectivity index (χ1) is 11.1. The molecule has 3 rings (SSSR count). The lowest BCUT2D eigenvalue weighted by Gasteiger charge is -2.05. The number of hydrogen-bond donors (Lipinski definition) is 1. The molecule has 2 aromatic carbocycles. The predicted molar refractivity (Wildman–Crippen MR) is 85.0 cm³/mol. The van der Waals surface area contributed by atoms with Gasteiger partial charge < -0.3 is 9.84 Å². The van der Waals surface area contributed by atoms with Crippen molar-refractivity contribution in [2.24, 2.45) is 0 Å². The second kappa shape index (κ2) is 5.92. The molecule has 3 aromatic rings. The zero-order valence-corrected chi connectivity index (χ0v) is 12.7. The number of carbonyl (C=O) groups is 1. The van der Waals surface area contributed by atoms with Crippen LogP contribution in [0.5, 0.6) is 5.75 Å². The minimum absolute atomic E-state index is 0.208. The number of hydrogen-bond acceptors (Lipinski definition) is 4. The number of benzene rings is 2. The van der Waals surface area contributed by atoms with Gasteiger partial charge in [-0.05, 0) is 48.9 Å². The van der Waals surface area contributed by atoms with Crippen molar-refractivity contribution in [3.63, 3.8) is 0 Å². The Morgan fingerprint density at radius 2 is 2.04 bits per heavy atom. The largest absolute Gasteiger partial charge is 0.497 e. The van der Waals surface area contributed by atoms with Gasteiger partial charge in [-0.2, -0.15) is 0 Å². The minimum atomic E-state index is -0.974. The van der Waals surface area contributed by atoms with E-state index in [1.807, 2.05) is 25.1 Å². The van der Waals surface area contributed by atoms with Gasteiger partial charge in [0, 0.05) is 5.56 Å². The molecule has 0 spiro atoms. The van der Waals surface area contributed by atoms with E-state index >= 15 is 0 Å². The third-order valence-corrected chi connectivity index (χ3v) is 3.56. The van der Waals surface area contributed by atoms with E-state index < -0.39 is 5.97 Å². The molecule has 0 unspecified atom stereocenters. The van der Waals surface area contributed by atoms with Gasteiger partial charge in [-0.1, -0.05) is 11.3 Å². The van der Waals surface area contributed by atoms with Crippen LogP contribution in [-0.4, -0.2) is 33.2 Å². The molecule has 116 valence electrons. The first-order valence-electron chi connectivity index (χ1n) is 6.99. The highest BCUT2D eigenvalue weighted by atomic mass is 16.5. The molecule has 1 N–H and O–H groups in total. The summed E-state index contributed by atoms with van der Waals surface area (Å²) in [6.45, 7) is 1.97. The maximum atomic E-state index is 11.1. The summed E-state index contributed by atoms with van der Waals surface area (Å²) in [5, 5.41) is 17.3. The van der Waals surface area contributed by atoms with Gasteiger partial charge in [-0.25, -0.2) is 9.48 Å². The molecule has 0 saturated carbocycles. The second-order valence-electron chi connectivity index (χ2n) is 5.08. The molecule has 23 heavy (non-hydrogen) atoms. The fourth-order valence-corrected chi connectivity index (χ4v) is 2.35. The molecular formula is C17H15N3O3. The molecule has 0 amide bonds. The Kier molecular flexibility index (Phi) is 3.80. The van der Waals surface area contributed by atoms with Crippen LogP contribution in [0.4, 0.5) is 0 Å². The van der Waals surface area contributed by atoms with E-state index in [2.05, 4.69) is 10.3 Å². The van der Waals surface area contributed by atoms with Crippen LogP contribution in [0.15, 0.2) is 48.7 Å². The van der Waals surface area contributed by atoms with Gasteiger partial charge in [-0.15, -0.1) is 5.10 Å². The first kappa shape index (κ1) is 14.8. The van der Waals surface area contributed by atoms with Crippen LogP contribution >= 0.6 is 0 Å². The number of ether oxygens (including phenoxy) is 1. The Balaban J connectivity index is 1.97. The second-order valence-corrected chi connectivity index (χ2v) is 5.08. The molecule has 6 heteroatoms. The quantitative estimate of drug-likeness (QED) is 0.801. The van der Waals surface area contributed by atoms with E-state index in [9.17, 15) is 4.79 Å². The Morgan fingerprint density at radius 3 is 2.74 bits per heavy atom. The highest BCUT2D eigenvalue weighted by molar-refractivity contribution is 5.88. The SMILES string of the molecule is COc1ccc(-c2cn(-c3cccc(C(=O)O)c3)nn2)c(C)c1. The first-order valence-corrected chi connectivity index (χ1v) is 6.99.